The minimum absolute atomic E-state index is 0.154. The highest BCUT2D eigenvalue weighted by Crippen LogP contribution is 2.05. The summed E-state index contributed by atoms with van der Waals surface area (Å²) in [6.07, 6.45) is 1.39. The first-order chi connectivity index (χ1) is 5.74. The van der Waals surface area contributed by atoms with Crippen LogP contribution in [0.2, 0.25) is 0 Å². The monoisotopic (exact) mass is 188 g/mol. The zero-order valence-corrected chi connectivity index (χ0v) is 7.34. The van der Waals surface area contributed by atoms with Crippen molar-refractivity contribution in [1.29, 1.82) is 0 Å². The average Bonchev–Trinajstić information content (AvgIpc) is 2.55. The van der Waals surface area contributed by atoms with Crippen LogP contribution in [0.25, 0.3) is 0 Å². The molecule has 0 aromatic carbocycles. The Morgan fingerprint density at radius 1 is 1.92 bits per heavy atom. The Hall–Kier alpha value is -1.03. The smallest absolute Gasteiger partial charge is 0.229 e. The molecule has 0 radical (unpaired) electrons. The van der Waals surface area contributed by atoms with Crippen LogP contribution in [0.3, 0.4) is 0 Å². The van der Waals surface area contributed by atoms with E-state index in [1.165, 1.54) is 6.26 Å². The molecule has 5 heteroatoms. The molecule has 0 saturated heterocycles. The Bertz CT molecular complexity index is 248. The SMILES string of the molecule is CC(CCl)C(=O)Nc1ccon1. The van der Waals surface area contributed by atoms with Crippen molar-refractivity contribution in [3.05, 3.63) is 12.3 Å². The van der Waals surface area contributed by atoms with Crippen LogP contribution in [0.1, 0.15) is 6.92 Å². The third-order valence-electron chi connectivity index (χ3n) is 1.37. The number of alkyl halides is 1. The number of nitrogens with one attached hydrogen (secondary N) is 1. The number of carbonyl (C=O) groups is 1. The van der Waals surface area contributed by atoms with Crippen molar-refractivity contribution in [3.8, 4) is 0 Å². The third-order valence-corrected chi connectivity index (χ3v) is 1.83. The molecule has 0 aliphatic heterocycles. The van der Waals surface area contributed by atoms with E-state index >= 15 is 0 Å². The van der Waals surface area contributed by atoms with Crippen LogP contribution in [0.15, 0.2) is 16.9 Å². The summed E-state index contributed by atoms with van der Waals surface area (Å²) in [6, 6.07) is 1.57. The largest absolute Gasteiger partial charge is 0.363 e. The maximum absolute atomic E-state index is 11.2. The second kappa shape index (κ2) is 4.11. The Labute approximate surface area is 74.9 Å². The molecule has 1 heterocycles. The minimum Gasteiger partial charge on any atom is -0.363 e. The summed E-state index contributed by atoms with van der Waals surface area (Å²) < 4.78 is 4.53. The lowest BCUT2D eigenvalue weighted by Crippen LogP contribution is -2.21. The predicted molar refractivity (Wildman–Crippen MR) is 45.0 cm³/mol. The summed E-state index contributed by atoms with van der Waals surface area (Å²) in [5.74, 6) is 0.336. The molecule has 1 aromatic heterocycles. The van der Waals surface area contributed by atoms with Crippen molar-refractivity contribution >= 4 is 23.3 Å². The highest BCUT2D eigenvalue weighted by molar-refractivity contribution is 6.19. The molecular weight excluding hydrogens is 180 g/mol. The molecule has 4 nitrogen and oxygen atoms in total. The maximum Gasteiger partial charge on any atom is 0.229 e. The molecule has 66 valence electrons. The Kier molecular flexibility index (Phi) is 3.10. The van der Waals surface area contributed by atoms with Gasteiger partial charge in [0.1, 0.15) is 6.26 Å². The average molecular weight is 189 g/mol. The van der Waals surface area contributed by atoms with E-state index < -0.39 is 0 Å². The van der Waals surface area contributed by atoms with Gasteiger partial charge in [-0.2, -0.15) is 0 Å². The molecule has 0 spiro atoms. The molecule has 1 unspecified atom stereocenters. The van der Waals surface area contributed by atoms with E-state index in [1.807, 2.05) is 0 Å². The Balaban J connectivity index is 2.47. The summed E-state index contributed by atoms with van der Waals surface area (Å²) in [5.41, 5.74) is 0. The number of nitrogens with zero attached hydrogens (tertiary/aromatic N) is 1. The predicted octanol–water partition coefficient (Wildman–Crippen LogP) is 1.49. The van der Waals surface area contributed by atoms with Gasteiger partial charge in [0, 0.05) is 17.9 Å². The number of halogens is 1. The van der Waals surface area contributed by atoms with Gasteiger partial charge in [0.15, 0.2) is 5.82 Å². The van der Waals surface area contributed by atoms with Gasteiger partial charge < -0.3 is 9.84 Å². The third kappa shape index (κ3) is 2.23. The zero-order chi connectivity index (χ0) is 8.97. The fourth-order valence-corrected chi connectivity index (χ4v) is 0.737. The van der Waals surface area contributed by atoms with Crippen LogP contribution >= 0.6 is 11.6 Å². The normalized spacial score (nSPS) is 12.5. The molecular formula is C7H9ClN2O2. The molecule has 1 aromatic rings. The summed E-state index contributed by atoms with van der Waals surface area (Å²) >= 11 is 5.48. The first kappa shape index (κ1) is 9.06. The van der Waals surface area contributed by atoms with Crippen LogP contribution in [0, 0.1) is 5.92 Å². The molecule has 1 atom stereocenters. The van der Waals surface area contributed by atoms with Crippen LogP contribution in [0.4, 0.5) is 5.82 Å². The summed E-state index contributed by atoms with van der Waals surface area (Å²) in [6.45, 7) is 1.74. The van der Waals surface area contributed by atoms with Crippen LogP contribution in [-0.4, -0.2) is 16.9 Å². The Morgan fingerprint density at radius 2 is 2.67 bits per heavy atom. The summed E-state index contributed by atoms with van der Waals surface area (Å²) in [4.78, 5) is 11.2. The van der Waals surface area contributed by atoms with Crippen molar-refractivity contribution in [2.45, 2.75) is 6.92 Å². The topological polar surface area (TPSA) is 55.1 Å². The van der Waals surface area contributed by atoms with E-state index in [0.717, 1.165) is 0 Å². The highest BCUT2D eigenvalue weighted by atomic mass is 35.5. The van der Waals surface area contributed by atoms with Crippen molar-refractivity contribution in [2.24, 2.45) is 5.92 Å². The van der Waals surface area contributed by atoms with Gasteiger partial charge in [0.25, 0.3) is 0 Å². The lowest BCUT2D eigenvalue weighted by Gasteiger charge is -2.05. The number of aromatic nitrogens is 1. The minimum atomic E-state index is -0.219. The molecule has 12 heavy (non-hydrogen) atoms. The van der Waals surface area contributed by atoms with E-state index in [2.05, 4.69) is 15.0 Å². The molecule has 0 fully saturated rings. The first-order valence-corrected chi connectivity index (χ1v) is 4.04. The molecule has 1 amide bonds. The van der Waals surface area contributed by atoms with Gasteiger partial charge in [0.2, 0.25) is 5.91 Å². The fraction of sp³-hybridized carbons (Fsp3) is 0.429. The van der Waals surface area contributed by atoms with Gasteiger partial charge in [-0.3, -0.25) is 4.79 Å². The van der Waals surface area contributed by atoms with Crippen LogP contribution in [0.5, 0.6) is 0 Å². The first-order valence-electron chi connectivity index (χ1n) is 3.51. The lowest BCUT2D eigenvalue weighted by molar-refractivity contribution is -0.118. The van der Waals surface area contributed by atoms with Crippen LogP contribution in [-0.2, 0) is 4.79 Å². The number of hydrogen-bond acceptors (Lipinski definition) is 3. The van der Waals surface area contributed by atoms with E-state index in [4.69, 9.17) is 11.6 Å². The van der Waals surface area contributed by atoms with Gasteiger partial charge in [-0.1, -0.05) is 12.1 Å². The van der Waals surface area contributed by atoms with Crippen molar-refractivity contribution in [2.75, 3.05) is 11.2 Å². The van der Waals surface area contributed by atoms with E-state index in [1.54, 1.807) is 13.0 Å². The van der Waals surface area contributed by atoms with Crippen molar-refractivity contribution in [1.82, 2.24) is 5.16 Å². The van der Waals surface area contributed by atoms with Crippen LogP contribution < -0.4 is 5.32 Å². The van der Waals surface area contributed by atoms with Gasteiger partial charge >= 0.3 is 0 Å². The number of rotatable bonds is 3. The number of carbonyl (C=O) groups excluding carboxylic acids is 1. The second-order valence-electron chi connectivity index (χ2n) is 2.43. The summed E-state index contributed by atoms with van der Waals surface area (Å²) in [7, 11) is 0. The second-order valence-corrected chi connectivity index (χ2v) is 2.74. The van der Waals surface area contributed by atoms with Gasteiger partial charge in [-0.25, -0.2) is 0 Å². The fourth-order valence-electron chi connectivity index (χ4n) is 0.597. The number of hydrogen-bond donors (Lipinski definition) is 1. The highest BCUT2D eigenvalue weighted by Gasteiger charge is 2.12. The molecule has 0 saturated carbocycles. The van der Waals surface area contributed by atoms with Crippen molar-refractivity contribution < 1.29 is 9.32 Å². The number of amides is 1. The van der Waals surface area contributed by atoms with Gasteiger partial charge in [0.05, 0.1) is 0 Å². The lowest BCUT2D eigenvalue weighted by atomic mass is 10.2. The van der Waals surface area contributed by atoms with Gasteiger partial charge in [-0.05, 0) is 0 Å². The molecule has 0 bridgehead atoms. The maximum atomic E-state index is 11.2. The Morgan fingerprint density at radius 3 is 3.17 bits per heavy atom. The molecule has 1 rings (SSSR count). The zero-order valence-electron chi connectivity index (χ0n) is 6.58. The number of anilines is 1. The quantitative estimate of drug-likeness (QED) is 0.732. The standard InChI is InChI=1S/C7H9ClN2O2/c1-5(4-8)7(11)9-6-2-3-12-10-6/h2-3,5H,4H2,1H3,(H,9,10,11). The molecule has 1 N–H and O–H groups in total. The molecule has 0 aliphatic rings. The van der Waals surface area contributed by atoms with Crippen molar-refractivity contribution in [3.63, 3.8) is 0 Å². The van der Waals surface area contributed by atoms with E-state index in [-0.39, 0.29) is 11.8 Å². The molecule has 0 aliphatic carbocycles. The van der Waals surface area contributed by atoms with E-state index in [9.17, 15) is 4.79 Å². The van der Waals surface area contributed by atoms with Gasteiger partial charge in [-0.15, -0.1) is 11.6 Å². The van der Waals surface area contributed by atoms with E-state index in [0.29, 0.717) is 11.7 Å². The summed E-state index contributed by atoms with van der Waals surface area (Å²) in [5, 5.41) is 6.07.